The molecule has 0 aromatic heterocycles. The first-order valence-electron chi connectivity index (χ1n) is 5.77. The molecule has 0 spiro atoms. The summed E-state index contributed by atoms with van der Waals surface area (Å²) in [5.41, 5.74) is 0.479. The van der Waals surface area contributed by atoms with Crippen LogP contribution in [-0.2, 0) is 0 Å². The summed E-state index contributed by atoms with van der Waals surface area (Å²) in [5.74, 6) is 0. The second-order valence-corrected chi connectivity index (χ2v) is 4.57. The van der Waals surface area contributed by atoms with E-state index in [0.29, 0.717) is 5.41 Å². The molecule has 0 aromatic rings. The first-order chi connectivity index (χ1) is 6.48. The van der Waals surface area contributed by atoms with Crippen LogP contribution < -0.4 is 5.32 Å². The topological polar surface area (TPSA) is 15.3 Å². The highest BCUT2D eigenvalue weighted by atomic mass is 15.0. The van der Waals surface area contributed by atoms with Gasteiger partial charge in [-0.3, -0.25) is 0 Å². The monoisotopic (exact) mass is 202 g/mol. The van der Waals surface area contributed by atoms with Gasteiger partial charge in [-0.2, -0.15) is 0 Å². The first-order valence-corrected chi connectivity index (χ1v) is 5.77. The molecule has 0 amide bonds. The highest BCUT2D eigenvalue weighted by Gasteiger charge is 2.16. The molecule has 0 radical (unpaired) electrons. The summed E-state index contributed by atoms with van der Waals surface area (Å²) in [4.78, 5) is 2.25. The Kier molecular flexibility index (Phi) is 11.1. The number of nitrogens with zero attached hydrogens (tertiary/aromatic N) is 1. The molecule has 14 heavy (non-hydrogen) atoms. The molecule has 2 heteroatoms. The molecule has 0 rings (SSSR count). The smallest absolute Gasteiger partial charge is 0.00197 e. The van der Waals surface area contributed by atoms with Crippen LogP contribution in [0.15, 0.2) is 0 Å². The number of rotatable bonds is 6. The van der Waals surface area contributed by atoms with Gasteiger partial charge < -0.3 is 10.2 Å². The van der Waals surface area contributed by atoms with Gasteiger partial charge in [-0.15, -0.1) is 0 Å². The first kappa shape index (κ1) is 16.4. The van der Waals surface area contributed by atoms with Crippen molar-refractivity contribution in [2.24, 2.45) is 5.41 Å². The van der Waals surface area contributed by atoms with Gasteiger partial charge in [0.15, 0.2) is 0 Å². The van der Waals surface area contributed by atoms with Crippen LogP contribution in [0, 0.1) is 5.41 Å². The van der Waals surface area contributed by atoms with E-state index in [2.05, 4.69) is 38.2 Å². The molecule has 0 aliphatic rings. The molecule has 0 saturated heterocycles. The minimum Gasteiger partial charge on any atom is -0.320 e. The zero-order valence-corrected chi connectivity index (χ0v) is 11.3. The third-order valence-electron chi connectivity index (χ3n) is 2.29. The van der Waals surface area contributed by atoms with Crippen LogP contribution >= 0.6 is 0 Å². The fourth-order valence-corrected chi connectivity index (χ4v) is 1.11. The maximum atomic E-state index is 3.20. The van der Waals surface area contributed by atoms with Gasteiger partial charge in [0.25, 0.3) is 0 Å². The van der Waals surface area contributed by atoms with Gasteiger partial charge in [0, 0.05) is 0 Å². The van der Waals surface area contributed by atoms with Crippen molar-refractivity contribution in [3.8, 4) is 0 Å². The Labute approximate surface area is 91.1 Å². The van der Waals surface area contributed by atoms with E-state index in [9.17, 15) is 0 Å². The zero-order chi connectivity index (χ0) is 11.6. The van der Waals surface area contributed by atoms with Crippen molar-refractivity contribution >= 4 is 0 Å². The maximum absolute atomic E-state index is 3.20. The number of hydrogen-bond donors (Lipinski definition) is 1. The molecule has 0 unspecified atom stereocenters. The van der Waals surface area contributed by atoms with Crippen LogP contribution in [0.4, 0.5) is 0 Å². The lowest BCUT2D eigenvalue weighted by atomic mass is 9.85. The Bertz CT molecular complexity index is 109. The van der Waals surface area contributed by atoms with Crippen LogP contribution in [-0.4, -0.2) is 39.1 Å². The normalized spacial score (nSPS) is 11.1. The number of hydrogen-bond acceptors (Lipinski definition) is 2. The van der Waals surface area contributed by atoms with E-state index < -0.39 is 0 Å². The van der Waals surface area contributed by atoms with Gasteiger partial charge in [-0.1, -0.05) is 27.7 Å². The van der Waals surface area contributed by atoms with E-state index in [0.717, 1.165) is 6.54 Å². The van der Waals surface area contributed by atoms with Crippen molar-refractivity contribution in [1.29, 1.82) is 0 Å². The zero-order valence-electron chi connectivity index (χ0n) is 11.3. The summed E-state index contributed by atoms with van der Waals surface area (Å²) in [6, 6.07) is 0. The quantitative estimate of drug-likeness (QED) is 0.712. The molecular formula is C12H30N2. The molecule has 1 N–H and O–H groups in total. The molecular weight excluding hydrogens is 172 g/mol. The Balaban J connectivity index is 0. The lowest BCUT2D eigenvalue weighted by Crippen LogP contribution is -2.24. The summed E-state index contributed by atoms with van der Waals surface area (Å²) >= 11 is 0. The Hall–Kier alpha value is -0.0800. The Morgan fingerprint density at radius 2 is 1.57 bits per heavy atom. The predicted octanol–water partition coefficient (Wildman–Crippen LogP) is 2.60. The van der Waals surface area contributed by atoms with E-state index in [1.54, 1.807) is 0 Å². The second kappa shape index (κ2) is 9.47. The average molecular weight is 202 g/mol. The summed E-state index contributed by atoms with van der Waals surface area (Å²) in [7, 11) is 6.28. The summed E-state index contributed by atoms with van der Waals surface area (Å²) in [6.07, 6.45) is 2.54. The van der Waals surface area contributed by atoms with Gasteiger partial charge in [0.1, 0.15) is 0 Å². The molecule has 0 aliphatic carbocycles. The van der Waals surface area contributed by atoms with E-state index in [1.165, 1.54) is 19.4 Å². The van der Waals surface area contributed by atoms with Crippen molar-refractivity contribution in [2.75, 3.05) is 34.2 Å². The van der Waals surface area contributed by atoms with Crippen LogP contribution in [0.5, 0.6) is 0 Å². The summed E-state index contributed by atoms with van der Waals surface area (Å²) in [6.45, 7) is 11.0. The predicted molar refractivity (Wildman–Crippen MR) is 66.8 cm³/mol. The standard InChI is InChI=1S/C10H24N2.C2H6/c1-10(2,6-8-11-3)7-9-12(4)5;1-2/h11H,6-9H2,1-5H3;1-2H3. The maximum Gasteiger partial charge on any atom is -0.00197 e. The van der Waals surface area contributed by atoms with Crippen molar-refractivity contribution in [3.05, 3.63) is 0 Å². The highest BCUT2D eigenvalue weighted by molar-refractivity contribution is 4.70. The molecule has 0 bridgehead atoms. The van der Waals surface area contributed by atoms with Gasteiger partial charge in [0.2, 0.25) is 0 Å². The lowest BCUT2D eigenvalue weighted by Gasteiger charge is -2.26. The molecule has 0 saturated carbocycles. The van der Waals surface area contributed by atoms with E-state index in [-0.39, 0.29) is 0 Å². The fraction of sp³-hybridized carbons (Fsp3) is 1.00. The minimum atomic E-state index is 0.479. The van der Waals surface area contributed by atoms with Crippen molar-refractivity contribution in [2.45, 2.75) is 40.5 Å². The van der Waals surface area contributed by atoms with Crippen molar-refractivity contribution in [1.82, 2.24) is 10.2 Å². The van der Waals surface area contributed by atoms with Gasteiger partial charge in [0.05, 0.1) is 0 Å². The molecule has 88 valence electrons. The van der Waals surface area contributed by atoms with Crippen LogP contribution in [0.3, 0.4) is 0 Å². The SMILES string of the molecule is CC.CNCCC(C)(C)CCN(C)C. The second-order valence-electron chi connectivity index (χ2n) is 4.57. The minimum absolute atomic E-state index is 0.479. The van der Waals surface area contributed by atoms with Crippen LogP contribution in [0.2, 0.25) is 0 Å². The summed E-state index contributed by atoms with van der Waals surface area (Å²) < 4.78 is 0. The Morgan fingerprint density at radius 3 is 1.93 bits per heavy atom. The van der Waals surface area contributed by atoms with Crippen LogP contribution in [0.25, 0.3) is 0 Å². The molecule has 0 fully saturated rings. The third kappa shape index (κ3) is 11.9. The van der Waals surface area contributed by atoms with Gasteiger partial charge in [-0.05, 0) is 52.5 Å². The highest BCUT2D eigenvalue weighted by Crippen LogP contribution is 2.24. The number of nitrogens with one attached hydrogen (secondary N) is 1. The molecule has 2 nitrogen and oxygen atoms in total. The Morgan fingerprint density at radius 1 is 1.07 bits per heavy atom. The summed E-state index contributed by atoms with van der Waals surface area (Å²) in [5, 5.41) is 3.20. The molecule has 0 atom stereocenters. The average Bonchev–Trinajstić information content (AvgIpc) is 2.15. The molecule has 0 aliphatic heterocycles. The van der Waals surface area contributed by atoms with Crippen molar-refractivity contribution < 1.29 is 0 Å². The van der Waals surface area contributed by atoms with E-state index in [1.807, 2.05) is 20.9 Å². The van der Waals surface area contributed by atoms with Crippen molar-refractivity contribution in [3.63, 3.8) is 0 Å². The van der Waals surface area contributed by atoms with E-state index >= 15 is 0 Å². The molecule has 0 aromatic carbocycles. The van der Waals surface area contributed by atoms with Gasteiger partial charge in [-0.25, -0.2) is 0 Å². The third-order valence-corrected chi connectivity index (χ3v) is 2.29. The molecule has 0 heterocycles. The van der Waals surface area contributed by atoms with Gasteiger partial charge >= 0.3 is 0 Å². The lowest BCUT2D eigenvalue weighted by molar-refractivity contribution is 0.257. The van der Waals surface area contributed by atoms with Crippen LogP contribution in [0.1, 0.15) is 40.5 Å². The largest absolute Gasteiger partial charge is 0.320 e. The van der Waals surface area contributed by atoms with E-state index in [4.69, 9.17) is 0 Å². The fourth-order valence-electron chi connectivity index (χ4n) is 1.11.